The standard InChI is InChI=1S/C21H30N4O2S.HI/c1-4-22-21(23-12-11-15-9-10-17(26)18(13-15)27-3)25(2)14-20-24-16-7-5-6-8-19(16)28-20;/h9-10,13,26H,4-8,11-12,14H2,1-3H3,(H,22,23);1H. The summed E-state index contributed by atoms with van der Waals surface area (Å²) in [7, 11) is 3.62. The summed E-state index contributed by atoms with van der Waals surface area (Å²) in [5.41, 5.74) is 2.40. The van der Waals surface area contributed by atoms with Gasteiger partial charge in [-0.25, -0.2) is 4.98 Å². The van der Waals surface area contributed by atoms with Gasteiger partial charge in [0, 0.05) is 25.0 Å². The van der Waals surface area contributed by atoms with Crippen molar-refractivity contribution in [2.75, 3.05) is 27.2 Å². The molecule has 8 heteroatoms. The van der Waals surface area contributed by atoms with Crippen LogP contribution in [0.15, 0.2) is 23.2 Å². The number of aryl methyl sites for hydroxylation is 2. The zero-order valence-corrected chi connectivity index (χ0v) is 20.5. The summed E-state index contributed by atoms with van der Waals surface area (Å²) in [6, 6.07) is 5.44. The fourth-order valence-electron chi connectivity index (χ4n) is 3.39. The number of rotatable bonds is 7. The van der Waals surface area contributed by atoms with E-state index in [-0.39, 0.29) is 29.7 Å². The lowest BCUT2D eigenvalue weighted by molar-refractivity contribution is 0.373. The summed E-state index contributed by atoms with van der Waals surface area (Å²) >= 11 is 1.85. The molecule has 0 unspecified atom stereocenters. The number of nitrogens with zero attached hydrogens (tertiary/aromatic N) is 3. The number of aromatic nitrogens is 1. The van der Waals surface area contributed by atoms with Crippen LogP contribution in [0.5, 0.6) is 11.5 Å². The maximum Gasteiger partial charge on any atom is 0.194 e. The highest BCUT2D eigenvalue weighted by atomic mass is 127. The van der Waals surface area contributed by atoms with E-state index >= 15 is 0 Å². The van der Waals surface area contributed by atoms with Crippen LogP contribution in [0.25, 0.3) is 0 Å². The van der Waals surface area contributed by atoms with Gasteiger partial charge in [0.25, 0.3) is 0 Å². The molecule has 0 spiro atoms. The molecule has 0 aliphatic heterocycles. The van der Waals surface area contributed by atoms with Crippen LogP contribution in [0.1, 0.15) is 40.9 Å². The SMILES string of the molecule is CCNC(=NCCc1ccc(O)c(OC)c1)N(C)Cc1nc2c(s1)CCCC2.I. The van der Waals surface area contributed by atoms with Gasteiger partial charge in [0.2, 0.25) is 0 Å². The minimum Gasteiger partial charge on any atom is -0.504 e. The zero-order valence-electron chi connectivity index (χ0n) is 17.4. The fraction of sp³-hybridized carbons (Fsp3) is 0.524. The van der Waals surface area contributed by atoms with Gasteiger partial charge in [0.15, 0.2) is 17.5 Å². The van der Waals surface area contributed by atoms with E-state index in [0.717, 1.165) is 37.5 Å². The van der Waals surface area contributed by atoms with Crippen molar-refractivity contribution in [3.05, 3.63) is 39.3 Å². The van der Waals surface area contributed by atoms with Crippen molar-refractivity contribution >= 4 is 41.3 Å². The first-order chi connectivity index (χ1) is 13.6. The summed E-state index contributed by atoms with van der Waals surface area (Å²) in [6.45, 7) is 4.34. The monoisotopic (exact) mass is 530 g/mol. The molecule has 6 nitrogen and oxygen atoms in total. The summed E-state index contributed by atoms with van der Waals surface area (Å²) in [4.78, 5) is 13.2. The van der Waals surface area contributed by atoms with Gasteiger partial charge in [-0.3, -0.25) is 4.99 Å². The van der Waals surface area contributed by atoms with Gasteiger partial charge in [-0.05, 0) is 56.7 Å². The van der Waals surface area contributed by atoms with Crippen LogP contribution in [-0.4, -0.2) is 48.2 Å². The van der Waals surface area contributed by atoms with Gasteiger partial charge < -0.3 is 20.1 Å². The number of halogens is 1. The normalized spacial score (nSPS) is 13.4. The number of hydrogen-bond donors (Lipinski definition) is 2. The Bertz CT molecular complexity index is 802. The summed E-state index contributed by atoms with van der Waals surface area (Å²) < 4.78 is 5.18. The molecule has 1 heterocycles. The molecular formula is C21H31IN4O2S. The number of phenols is 1. The van der Waals surface area contributed by atoms with Crippen molar-refractivity contribution in [3.8, 4) is 11.5 Å². The van der Waals surface area contributed by atoms with Crippen LogP contribution in [-0.2, 0) is 25.8 Å². The smallest absolute Gasteiger partial charge is 0.194 e. The number of thiazole rings is 1. The van der Waals surface area contributed by atoms with E-state index in [0.29, 0.717) is 12.3 Å². The molecule has 29 heavy (non-hydrogen) atoms. The van der Waals surface area contributed by atoms with E-state index in [4.69, 9.17) is 14.7 Å². The van der Waals surface area contributed by atoms with E-state index in [1.54, 1.807) is 13.2 Å². The largest absolute Gasteiger partial charge is 0.504 e. The summed E-state index contributed by atoms with van der Waals surface area (Å²) in [5.74, 6) is 1.55. The second-order valence-corrected chi connectivity index (χ2v) is 8.20. The second kappa shape index (κ2) is 11.6. The first-order valence-electron chi connectivity index (χ1n) is 9.93. The Kier molecular flexibility index (Phi) is 9.48. The Morgan fingerprint density at radius 2 is 2.14 bits per heavy atom. The predicted octanol–water partition coefficient (Wildman–Crippen LogP) is 3.99. The Morgan fingerprint density at radius 1 is 1.34 bits per heavy atom. The van der Waals surface area contributed by atoms with Crippen molar-refractivity contribution in [3.63, 3.8) is 0 Å². The van der Waals surface area contributed by atoms with Crippen LogP contribution in [0.2, 0.25) is 0 Å². The molecular weight excluding hydrogens is 499 g/mol. The van der Waals surface area contributed by atoms with E-state index in [2.05, 4.69) is 24.2 Å². The van der Waals surface area contributed by atoms with Crippen molar-refractivity contribution < 1.29 is 9.84 Å². The third kappa shape index (κ3) is 6.47. The number of hydrogen-bond acceptors (Lipinski definition) is 5. The molecule has 2 aromatic rings. The topological polar surface area (TPSA) is 70.0 Å². The minimum atomic E-state index is 0. The molecule has 2 N–H and O–H groups in total. The van der Waals surface area contributed by atoms with Gasteiger partial charge in [-0.2, -0.15) is 0 Å². The Hall–Kier alpha value is -1.55. The van der Waals surface area contributed by atoms with Gasteiger partial charge in [0.1, 0.15) is 5.01 Å². The molecule has 1 aliphatic rings. The summed E-state index contributed by atoms with van der Waals surface area (Å²) in [6.07, 6.45) is 5.64. The molecule has 0 saturated heterocycles. The molecule has 3 rings (SSSR count). The molecule has 0 amide bonds. The van der Waals surface area contributed by atoms with Gasteiger partial charge in [-0.1, -0.05) is 6.07 Å². The zero-order chi connectivity index (χ0) is 19.9. The van der Waals surface area contributed by atoms with Gasteiger partial charge in [-0.15, -0.1) is 35.3 Å². The maximum absolute atomic E-state index is 9.72. The average molecular weight is 530 g/mol. The van der Waals surface area contributed by atoms with Crippen LogP contribution in [0, 0.1) is 0 Å². The number of methoxy groups -OCH3 is 1. The molecule has 0 fully saturated rings. The molecule has 0 bridgehead atoms. The number of aliphatic imine (C=N–C) groups is 1. The number of fused-ring (bicyclic) bond motifs is 1. The lowest BCUT2D eigenvalue weighted by atomic mass is 10.0. The van der Waals surface area contributed by atoms with Crippen LogP contribution in [0.3, 0.4) is 0 Å². The molecule has 0 saturated carbocycles. The molecule has 1 aromatic carbocycles. The van der Waals surface area contributed by atoms with Crippen molar-refractivity contribution in [1.82, 2.24) is 15.2 Å². The number of guanidine groups is 1. The highest BCUT2D eigenvalue weighted by Gasteiger charge is 2.17. The average Bonchev–Trinajstić information content (AvgIpc) is 3.10. The molecule has 160 valence electrons. The molecule has 0 radical (unpaired) electrons. The molecule has 0 atom stereocenters. The van der Waals surface area contributed by atoms with Gasteiger partial charge in [0.05, 0.1) is 19.3 Å². The lowest BCUT2D eigenvalue weighted by Gasteiger charge is -2.21. The van der Waals surface area contributed by atoms with Crippen molar-refractivity contribution in [1.29, 1.82) is 0 Å². The molecule has 1 aliphatic carbocycles. The van der Waals surface area contributed by atoms with Crippen LogP contribution >= 0.6 is 35.3 Å². The van der Waals surface area contributed by atoms with Gasteiger partial charge >= 0.3 is 0 Å². The Labute approximate surface area is 194 Å². The lowest BCUT2D eigenvalue weighted by Crippen LogP contribution is -2.38. The van der Waals surface area contributed by atoms with E-state index in [1.165, 1.54) is 34.8 Å². The first-order valence-corrected chi connectivity index (χ1v) is 10.7. The highest BCUT2D eigenvalue weighted by Crippen LogP contribution is 2.27. The van der Waals surface area contributed by atoms with E-state index < -0.39 is 0 Å². The summed E-state index contributed by atoms with van der Waals surface area (Å²) in [5, 5.41) is 14.3. The number of nitrogens with one attached hydrogen (secondary N) is 1. The number of aromatic hydroxyl groups is 1. The van der Waals surface area contributed by atoms with Crippen LogP contribution < -0.4 is 10.1 Å². The highest BCUT2D eigenvalue weighted by molar-refractivity contribution is 14.0. The van der Waals surface area contributed by atoms with Crippen molar-refractivity contribution in [2.24, 2.45) is 4.99 Å². The number of ether oxygens (including phenoxy) is 1. The first kappa shape index (κ1) is 23.7. The predicted molar refractivity (Wildman–Crippen MR) is 130 cm³/mol. The number of phenolic OH excluding ortho intramolecular Hbond substituents is 1. The Morgan fingerprint density at radius 3 is 2.86 bits per heavy atom. The quantitative estimate of drug-likeness (QED) is 0.322. The fourth-order valence-corrected chi connectivity index (χ4v) is 4.60. The third-order valence-electron chi connectivity index (χ3n) is 4.87. The number of benzene rings is 1. The van der Waals surface area contributed by atoms with E-state index in [1.807, 2.05) is 23.5 Å². The molecule has 1 aromatic heterocycles. The third-order valence-corrected chi connectivity index (χ3v) is 6.01. The minimum absolute atomic E-state index is 0. The van der Waals surface area contributed by atoms with Crippen molar-refractivity contribution in [2.45, 2.75) is 45.6 Å². The second-order valence-electron chi connectivity index (χ2n) is 7.03. The Balaban J connectivity index is 0.00000300. The van der Waals surface area contributed by atoms with E-state index in [9.17, 15) is 5.11 Å². The maximum atomic E-state index is 9.72. The van der Waals surface area contributed by atoms with Crippen LogP contribution in [0.4, 0.5) is 0 Å².